The predicted molar refractivity (Wildman–Crippen MR) is 100 cm³/mol. The number of aromatic nitrogens is 4. The molecule has 1 fully saturated rings. The van der Waals surface area contributed by atoms with E-state index in [1.165, 1.54) is 0 Å². The van der Waals surface area contributed by atoms with E-state index in [-0.39, 0.29) is 17.1 Å². The van der Waals surface area contributed by atoms with Crippen LogP contribution < -0.4 is 10.9 Å². The number of piperazine rings is 1. The lowest BCUT2D eigenvalue weighted by Gasteiger charge is -2.34. The Kier molecular flexibility index (Phi) is 4.83. The van der Waals surface area contributed by atoms with E-state index in [4.69, 9.17) is 0 Å². The first-order valence-corrected chi connectivity index (χ1v) is 8.90. The third-order valence-corrected chi connectivity index (χ3v) is 4.58. The van der Waals surface area contributed by atoms with Gasteiger partial charge in [-0.15, -0.1) is 0 Å². The fraction of sp³-hybridized carbons (Fsp3) is 0.706. The summed E-state index contributed by atoms with van der Waals surface area (Å²) in [7, 11) is 2.15. The van der Waals surface area contributed by atoms with Crippen molar-refractivity contribution in [3.63, 3.8) is 0 Å². The van der Waals surface area contributed by atoms with Crippen LogP contribution in [0.25, 0.3) is 11.0 Å². The topological polar surface area (TPSA) is 82.1 Å². The molecule has 1 aliphatic rings. The van der Waals surface area contributed by atoms with E-state index in [0.717, 1.165) is 32.7 Å². The third kappa shape index (κ3) is 4.01. The van der Waals surface area contributed by atoms with Gasteiger partial charge in [-0.1, -0.05) is 0 Å². The summed E-state index contributed by atoms with van der Waals surface area (Å²) in [5.41, 5.74) is 0.228. The van der Waals surface area contributed by atoms with Crippen molar-refractivity contribution >= 4 is 17.0 Å². The number of nitrogens with zero attached hydrogens (tertiary/aromatic N) is 5. The molecule has 3 rings (SSSR count). The zero-order valence-corrected chi connectivity index (χ0v) is 15.8. The maximum absolute atomic E-state index is 12.3. The van der Waals surface area contributed by atoms with Crippen molar-refractivity contribution in [2.45, 2.75) is 39.3 Å². The fourth-order valence-corrected chi connectivity index (χ4v) is 3.17. The standard InChI is InChI=1S/C17H29N7O/c1-12(11-23-8-6-22(5)7-9-23)19-16-20-14-13(15(25)21-16)10-18-24(14)17(2,3)4/h10,12H,6-9,11H2,1-5H3,(H2,19,20,21,25). The van der Waals surface area contributed by atoms with Crippen LogP contribution in [0.4, 0.5) is 5.95 Å². The predicted octanol–water partition coefficient (Wildman–Crippen LogP) is 0.922. The van der Waals surface area contributed by atoms with Gasteiger partial charge in [0.15, 0.2) is 5.65 Å². The van der Waals surface area contributed by atoms with E-state index in [1.54, 1.807) is 10.9 Å². The van der Waals surface area contributed by atoms with Crippen molar-refractivity contribution in [1.29, 1.82) is 0 Å². The molecule has 3 heterocycles. The van der Waals surface area contributed by atoms with E-state index in [9.17, 15) is 4.79 Å². The van der Waals surface area contributed by atoms with Crippen LogP contribution in [0.3, 0.4) is 0 Å². The molecule has 8 heteroatoms. The van der Waals surface area contributed by atoms with Crippen LogP contribution >= 0.6 is 0 Å². The molecule has 0 aliphatic carbocycles. The van der Waals surface area contributed by atoms with Crippen molar-refractivity contribution in [1.82, 2.24) is 29.5 Å². The van der Waals surface area contributed by atoms with Crippen molar-refractivity contribution in [3.8, 4) is 0 Å². The van der Waals surface area contributed by atoms with Crippen LogP contribution in [0.5, 0.6) is 0 Å². The number of anilines is 1. The smallest absolute Gasteiger partial charge is 0.263 e. The van der Waals surface area contributed by atoms with Crippen LogP contribution in [-0.4, -0.2) is 75.4 Å². The van der Waals surface area contributed by atoms with Gasteiger partial charge in [0, 0.05) is 38.8 Å². The molecule has 0 bridgehead atoms. The van der Waals surface area contributed by atoms with Gasteiger partial charge in [-0.2, -0.15) is 10.1 Å². The molecule has 0 spiro atoms. The molecule has 0 saturated carbocycles. The molecule has 1 atom stereocenters. The molecule has 2 aromatic rings. The number of hydrogen-bond donors (Lipinski definition) is 2. The molecule has 2 aromatic heterocycles. The van der Waals surface area contributed by atoms with Gasteiger partial charge in [0.2, 0.25) is 5.95 Å². The van der Waals surface area contributed by atoms with Crippen molar-refractivity contribution < 1.29 is 0 Å². The van der Waals surface area contributed by atoms with Crippen molar-refractivity contribution in [2.75, 3.05) is 45.1 Å². The third-order valence-electron chi connectivity index (χ3n) is 4.58. The summed E-state index contributed by atoms with van der Waals surface area (Å²) in [6.07, 6.45) is 1.59. The van der Waals surface area contributed by atoms with Gasteiger partial charge in [-0.05, 0) is 34.7 Å². The molecular weight excluding hydrogens is 318 g/mol. The maximum Gasteiger partial charge on any atom is 0.263 e. The molecule has 25 heavy (non-hydrogen) atoms. The highest BCUT2D eigenvalue weighted by atomic mass is 16.1. The molecule has 1 saturated heterocycles. The SMILES string of the molecule is CC(CN1CCN(C)CC1)Nc1nc2c(cnn2C(C)(C)C)c(=O)[nH]1. The lowest BCUT2D eigenvalue weighted by Crippen LogP contribution is -2.47. The Morgan fingerprint density at radius 3 is 2.60 bits per heavy atom. The van der Waals surface area contributed by atoms with Gasteiger partial charge in [0.25, 0.3) is 5.56 Å². The highest BCUT2D eigenvalue weighted by Gasteiger charge is 2.21. The molecule has 8 nitrogen and oxygen atoms in total. The average molecular weight is 347 g/mol. The fourth-order valence-electron chi connectivity index (χ4n) is 3.17. The summed E-state index contributed by atoms with van der Waals surface area (Å²) in [4.78, 5) is 24.6. The number of likely N-dealkylation sites (N-methyl/N-ethyl adjacent to an activating group) is 1. The van der Waals surface area contributed by atoms with Crippen LogP contribution in [-0.2, 0) is 5.54 Å². The summed E-state index contributed by atoms with van der Waals surface area (Å²) in [6.45, 7) is 13.5. The number of aromatic amines is 1. The van der Waals surface area contributed by atoms with Crippen LogP contribution in [0.2, 0.25) is 0 Å². The molecule has 138 valence electrons. The Hall–Kier alpha value is -1.93. The van der Waals surface area contributed by atoms with E-state index in [1.807, 2.05) is 20.8 Å². The second kappa shape index (κ2) is 6.76. The molecule has 2 N–H and O–H groups in total. The van der Waals surface area contributed by atoms with E-state index in [2.05, 4.69) is 44.2 Å². The Morgan fingerprint density at radius 2 is 1.96 bits per heavy atom. The van der Waals surface area contributed by atoms with Gasteiger partial charge < -0.3 is 10.2 Å². The van der Waals surface area contributed by atoms with E-state index in [0.29, 0.717) is 17.0 Å². The van der Waals surface area contributed by atoms with Crippen molar-refractivity contribution in [2.24, 2.45) is 0 Å². The van der Waals surface area contributed by atoms with Gasteiger partial charge in [-0.3, -0.25) is 14.7 Å². The second-order valence-corrected chi connectivity index (χ2v) is 8.03. The summed E-state index contributed by atoms with van der Waals surface area (Å²) in [6, 6.07) is 0.190. The van der Waals surface area contributed by atoms with E-state index < -0.39 is 0 Å². The Balaban J connectivity index is 1.76. The molecule has 0 amide bonds. The minimum absolute atomic E-state index is 0.158. The minimum atomic E-state index is -0.231. The highest BCUT2D eigenvalue weighted by Crippen LogP contribution is 2.18. The van der Waals surface area contributed by atoms with Crippen LogP contribution in [0.15, 0.2) is 11.0 Å². The summed E-state index contributed by atoms with van der Waals surface area (Å²) in [5.74, 6) is 0.505. The maximum atomic E-state index is 12.3. The Bertz CT molecular complexity index is 780. The summed E-state index contributed by atoms with van der Waals surface area (Å²) >= 11 is 0. The van der Waals surface area contributed by atoms with Crippen LogP contribution in [0.1, 0.15) is 27.7 Å². The zero-order chi connectivity index (χ0) is 18.2. The van der Waals surface area contributed by atoms with Gasteiger partial charge in [0.1, 0.15) is 5.39 Å². The molecule has 1 unspecified atom stereocenters. The second-order valence-electron chi connectivity index (χ2n) is 8.03. The quantitative estimate of drug-likeness (QED) is 0.856. The van der Waals surface area contributed by atoms with Gasteiger partial charge >= 0.3 is 0 Å². The van der Waals surface area contributed by atoms with Gasteiger partial charge in [-0.25, -0.2) is 4.68 Å². The lowest BCUT2D eigenvalue weighted by molar-refractivity contribution is 0.151. The van der Waals surface area contributed by atoms with Crippen LogP contribution in [0, 0.1) is 0 Å². The zero-order valence-electron chi connectivity index (χ0n) is 15.8. The minimum Gasteiger partial charge on any atom is -0.352 e. The average Bonchev–Trinajstić information content (AvgIpc) is 2.94. The first-order valence-electron chi connectivity index (χ1n) is 8.90. The molecule has 1 aliphatic heterocycles. The molecule has 0 radical (unpaired) electrons. The number of rotatable bonds is 4. The molecular formula is C17H29N7O. The number of fused-ring (bicyclic) bond motifs is 1. The Morgan fingerprint density at radius 1 is 1.28 bits per heavy atom. The number of nitrogens with one attached hydrogen (secondary N) is 2. The Labute approximate surface area is 148 Å². The van der Waals surface area contributed by atoms with E-state index >= 15 is 0 Å². The summed E-state index contributed by atoms with van der Waals surface area (Å²) in [5, 5.41) is 8.20. The van der Waals surface area contributed by atoms with Gasteiger partial charge in [0.05, 0.1) is 11.7 Å². The number of hydrogen-bond acceptors (Lipinski definition) is 6. The molecule has 0 aromatic carbocycles. The van der Waals surface area contributed by atoms with Crippen molar-refractivity contribution in [3.05, 3.63) is 16.6 Å². The summed E-state index contributed by atoms with van der Waals surface area (Å²) < 4.78 is 1.80. The highest BCUT2D eigenvalue weighted by molar-refractivity contribution is 5.74. The number of H-pyrrole nitrogens is 1. The first kappa shape index (κ1) is 17.9. The normalized spacial score (nSPS) is 18.6. The lowest BCUT2D eigenvalue weighted by atomic mass is 10.1. The first-order chi connectivity index (χ1) is 11.7. The monoisotopic (exact) mass is 347 g/mol. The largest absolute Gasteiger partial charge is 0.352 e.